The van der Waals surface area contributed by atoms with E-state index in [1.807, 2.05) is 12.1 Å². The highest BCUT2D eigenvalue weighted by Crippen LogP contribution is 2.40. The molecule has 1 N–H and O–H groups in total. The molecule has 6 heteroatoms. The van der Waals surface area contributed by atoms with Crippen LogP contribution in [0, 0.1) is 0 Å². The highest BCUT2D eigenvalue weighted by atomic mass is 32.2. The van der Waals surface area contributed by atoms with Gasteiger partial charge in [0, 0.05) is 22.0 Å². The zero-order valence-corrected chi connectivity index (χ0v) is 16.1. The number of hydrogen-bond acceptors (Lipinski definition) is 3. The van der Waals surface area contributed by atoms with Crippen LogP contribution in [0.3, 0.4) is 0 Å². The summed E-state index contributed by atoms with van der Waals surface area (Å²) in [6.07, 6.45) is 0. The first-order valence-electron chi connectivity index (χ1n) is 9.10. The van der Waals surface area contributed by atoms with Gasteiger partial charge in [-0.2, -0.15) is 0 Å². The Balaban J connectivity index is 1.79. The Kier molecular flexibility index (Phi) is 3.89. The van der Waals surface area contributed by atoms with Crippen LogP contribution in [0.2, 0.25) is 0 Å². The first-order valence-corrected chi connectivity index (χ1v) is 10.5. The second-order valence-electron chi connectivity index (χ2n) is 6.73. The van der Waals surface area contributed by atoms with Crippen LogP contribution < -0.4 is 9.62 Å². The molecule has 5 rings (SSSR count). The van der Waals surface area contributed by atoms with E-state index >= 15 is 0 Å². The van der Waals surface area contributed by atoms with Gasteiger partial charge in [-0.3, -0.25) is 4.79 Å². The van der Waals surface area contributed by atoms with Gasteiger partial charge in [0.2, 0.25) is 0 Å². The van der Waals surface area contributed by atoms with E-state index in [-0.39, 0.29) is 10.8 Å². The third-order valence-electron chi connectivity index (χ3n) is 4.99. The summed E-state index contributed by atoms with van der Waals surface area (Å²) in [7, 11) is -3.96. The summed E-state index contributed by atoms with van der Waals surface area (Å²) in [4.78, 5) is 12.4. The first kappa shape index (κ1) is 17.5. The fraction of sp³-hybridized carbons (Fsp3) is 0. The van der Waals surface area contributed by atoms with E-state index in [0.717, 1.165) is 0 Å². The summed E-state index contributed by atoms with van der Waals surface area (Å²) < 4.78 is 29.1. The first-order chi connectivity index (χ1) is 14.1. The Morgan fingerprint density at radius 3 is 1.93 bits per heavy atom. The molecule has 0 saturated carbocycles. The summed E-state index contributed by atoms with van der Waals surface area (Å²) in [5.41, 5.74) is 2.19. The van der Waals surface area contributed by atoms with E-state index in [2.05, 4.69) is 5.32 Å². The lowest BCUT2D eigenvalue weighted by Crippen LogP contribution is -2.26. The monoisotopic (exact) mass is 400 g/mol. The molecule has 1 aliphatic heterocycles. The quantitative estimate of drug-likeness (QED) is 0.528. The number of rotatable bonds is 4. The Morgan fingerprint density at radius 1 is 0.690 bits per heavy atom. The van der Waals surface area contributed by atoms with Gasteiger partial charge in [-0.1, -0.05) is 48.5 Å². The molecule has 0 radical (unpaired) electrons. The molecule has 1 aliphatic rings. The second kappa shape index (κ2) is 6.46. The van der Waals surface area contributed by atoms with Crippen molar-refractivity contribution in [2.75, 3.05) is 9.62 Å². The third-order valence-corrected chi connectivity index (χ3v) is 6.81. The van der Waals surface area contributed by atoms with Crippen LogP contribution in [0.5, 0.6) is 0 Å². The number of para-hydroxylation sites is 2. The van der Waals surface area contributed by atoms with Gasteiger partial charge < -0.3 is 5.32 Å². The summed E-state index contributed by atoms with van der Waals surface area (Å²) in [6, 6.07) is 26.3. The van der Waals surface area contributed by atoms with E-state index in [1.165, 1.54) is 4.31 Å². The minimum absolute atomic E-state index is 0.155. The SMILES string of the molecule is O=C1Nc2ccc(S(=O)(=O)N(c3ccccc3)c3ccccc3)c3cccc1c23. The van der Waals surface area contributed by atoms with Gasteiger partial charge >= 0.3 is 0 Å². The van der Waals surface area contributed by atoms with Gasteiger partial charge in [0.1, 0.15) is 0 Å². The highest BCUT2D eigenvalue weighted by Gasteiger charge is 2.31. The van der Waals surface area contributed by atoms with Gasteiger partial charge in [0.15, 0.2) is 0 Å². The van der Waals surface area contributed by atoms with Crippen molar-refractivity contribution in [2.24, 2.45) is 0 Å². The minimum Gasteiger partial charge on any atom is -0.321 e. The molecule has 0 aromatic heterocycles. The van der Waals surface area contributed by atoms with E-state index in [0.29, 0.717) is 33.4 Å². The molecule has 5 nitrogen and oxygen atoms in total. The predicted molar refractivity (Wildman–Crippen MR) is 114 cm³/mol. The lowest BCUT2D eigenvalue weighted by molar-refractivity contribution is 0.103. The molecule has 0 atom stereocenters. The highest BCUT2D eigenvalue weighted by molar-refractivity contribution is 7.93. The Bertz CT molecular complexity index is 1310. The van der Waals surface area contributed by atoms with Crippen molar-refractivity contribution >= 4 is 43.8 Å². The molecule has 0 unspecified atom stereocenters. The fourth-order valence-electron chi connectivity index (χ4n) is 3.74. The number of anilines is 3. The van der Waals surface area contributed by atoms with Crippen molar-refractivity contribution in [3.8, 4) is 0 Å². The largest absolute Gasteiger partial charge is 0.321 e. The second-order valence-corrected chi connectivity index (χ2v) is 8.49. The zero-order valence-electron chi connectivity index (χ0n) is 15.2. The maximum atomic E-state index is 13.9. The minimum atomic E-state index is -3.96. The van der Waals surface area contributed by atoms with Gasteiger partial charge in [-0.15, -0.1) is 0 Å². The Hall–Kier alpha value is -3.64. The van der Waals surface area contributed by atoms with Crippen LogP contribution in [0.25, 0.3) is 10.8 Å². The molecule has 0 fully saturated rings. The number of carbonyl (C=O) groups excluding carboxylic acids is 1. The van der Waals surface area contributed by atoms with E-state index in [4.69, 9.17) is 0 Å². The van der Waals surface area contributed by atoms with Crippen molar-refractivity contribution in [1.29, 1.82) is 0 Å². The average Bonchev–Trinajstić information content (AvgIpc) is 3.07. The van der Waals surface area contributed by atoms with Crippen molar-refractivity contribution in [3.63, 3.8) is 0 Å². The molecule has 1 heterocycles. The molecule has 4 aromatic carbocycles. The maximum absolute atomic E-state index is 13.9. The number of nitrogens with zero attached hydrogens (tertiary/aromatic N) is 1. The standard InChI is InChI=1S/C23H16N2O3S/c26-23-19-13-7-12-18-21(15-14-20(24-23)22(18)19)29(27,28)25(16-8-3-1-4-9-16)17-10-5-2-6-11-17/h1-15H,(H,24,26). The van der Waals surface area contributed by atoms with Crippen LogP contribution in [-0.4, -0.2) is 14.3 Å². The van der Waals surface area contributed by atoms with Crippen LogP contribution >= 0.6 is 0 Å². The van der Waals surface area contributed by atoms with Crippen LogP contribution in [0.15, 0.2) is 95.9 Å². The van der Waals surface area contributed by atoms with E-state index in [9.17, 15) is 13.2 Å². The molecule has 0 spiro atoms. The Labute approximate surface area is 168 Å². The number of benzene rings is 4. The van der Waals surface area contributed by atoms with Crippen LogP contribution in [0.4, 0.5) is 17.1 Å². The van der Waals surface area contributed by atoms with Crippen molar-refractivity contribution in [3.05, 3.63) is 96.6 Å². The molecule has 1 amide bonds. The molecular formula is C23H16N2O3S. The topological polar surface area (TPSA) is 66.5 Å². The lowest BCUT2D eigenvalue weighted by Gasteiger charge is -2.25. The lowest BCUT2D eigenvalue weighted by atomic mass is 10.1. The van der Waals surface area contributed by atoms with Gasteiger partial charge in [0.25, 0.3) is 15.9 Å². The number of sulfonamides is 1. The number of nitrogens with one attached hydrogen (secondary N) is 1. The number of carbonyl (C=O) groups is 1. The zero-order chi connectivity index (χ0) is 20.0. The van der Waals surface area contributed by atoms with E-state index in [1.54, 1.807) is 78.9 Å². The van der Waals surface area contributed by atoms with Crippen molar-refractivity contribution in [2.45, 2.75) is 4.90 Å². The molecule has 29 heavy (non-hydrogen) atoms. The van der Waals surface area contributed by atoms with Crippen molar-refractivity contribution < 1.29 is 13.2 Å². The summed E-state index contributed by atoms with van der Waals surface area (Å²) in [6.45, 7) is 0. The van der Waals surface area contributed by atoms with Gasteiger partial charge in [-0.25, -0.2) is 12.7 Å². The summed E-state index contributed by atoms with van der Waals surface area (Å²) in [5, 5.41) is 3.96. The molecule has 142 valence electrons. The third kappa shape index (κ3) is 2.68. The average molecular weight is 400 g/mol. The van der Waals surface area contributed by atoms with Crippen molar-refractivity contribution in [1.82, 2.24) is 0 Å². The maximum Gasteiger partial charge on any atom is 0.269 e. The molecular weight excluding hydrogens is 384 g/mol. The number of hydrogen-bond donors (Lipinski definition) is 1. The smallest absolute Gasteiger partial charge is 0.269 e. The Morgan fingerprint density at radius 2 is 1.31 bits per heavy atom. The molecule has 0 aliphatic carbocycles. The van der Waals surface area contributed by atoms with E-state index < -0.39 is 10.0 Å². The summed E-state index contributed by atoms with van der Waals surface area (Å²) in [5.74, 6) is -0.219. The molecule has 0 saturated heterocycles. The van der Waals surface area contributed by atoms with Gasteiger partial charge in [-0.05, 0) is 42.5 Å². The molecule has 0 bridgehead atoms. The number of amides is 1. The van der Waals surface area contributed by atoms with Gasteiger partial charge in [0.05, 0.1) is 16.3 Å². The molecule has 4 aromatic rings. The van der Waals surface area contributed by atoms with Crippen LogP contribution in [0.1, 0.15) is 10.4 Å². The fourth-order valence-corrected chi connectivity index (χ4v) is 5.42. The van der Waals surface area contributed by atoms with Crippen LogP contribution in [-0.2, 0) is 10.0 Å². The summed E-state index contributed by atoms with van der Waals surface area (Å²) >= 11 is 0. The normalized spacial score (nSPS) is 12.8. The predicted octanol–water partition coefficient (Wildman–Crippen LogP) is 4.93.